The highest BCUT2D eigenvalue weighted by Crippen LogP contribution is 2.20. The van der Waals surface area contributed by atoms with Crippen LogP contribution in [0.2, 0.25) is 0 Å². The van der Waals surface area contributed by atoms with E-state index in [1.54, 1.807) is 0 Å². The van der Waals surface area contributed by atoms with Gasteiger partial charge in [-0.05, 0) is 24.3 Å². The number of phenolic OH excluding ortho intramolecular Hbond substituents is 1. The van der Waals surface area contributed by atoms with Gasteiger partial charge >= 0.3 is 0 Å². The Morgan fingerprint density at radius 2 is 1.58 bits per heavy atom. The van der Waals surface area contributed by atoms with Crippen LogP contribution in [0.4, 0.5) is 18.9 Å². The molecule has 0 fully saturated rings. The molecule has 1 amide bonds. The van der Waals surface area contributed by atoms with Gasteiger partial charge in [0.2, 0.25) is 0 Å². The van der Waals surface area contributed by atoms with Crippen LogP contribution in [0.25, 0.3) is 0 Å². The van der Waals surface area contributed by atoms with Gasteiger partial charge in [0.05, 0.1) is 5.56 Å². The molecule has 0 saturated heterocycles. The zero-order valence-corrected chi connectivity index (χ0v) is 9.45. The van der Waals surface area contributed by atoms with Crippen LogP contribution in [0.15, 0.2) is 36.4 Å². The van der Waals surface area contributed by atoms with Gasteiger partial charge in [0.15, 0.2) is 0 Å². The Kier molecular flexibility index (Phi) is 3.41. The van der Waals surface area contributed by atoms with Crippen LogP contribution in [0.3, 0.4) is 0 Å². The molecule has 0 aliphatic carbocycles. The SMILES string of the molecule is O=C(Nc1cc(F)cc(F)c1)c1ccc(F)cc1O. The van der Waals surface area contributed by atoms with Crippen LogP contribution in [0, 0.1) is 17.5 Å². The third-order valence-corrected chi connectivity index (χ3v) is 2.32. The highest BCUT2D eigenvalue weighted by Gasteiger charge is 2.13. The molecule has 98 valence electrons. The van der Waals surface area contributed by atoms with E-state index in [2.05, 4.69) is 5.32 Å². The lowest BCUT2D eigenvalue weighted by Crippen LogP contribution is -2.12. The van der Waals surface area contributed by atoms with Crippen molar-refractivity contribution in [1.82, 2.24) is 0 Å². The molecular formula is C13H8F3NO2. The van der Waals surface area contributed by atoms with Crippen molar-refractivity contribution in [2.75, 3.05) is 5.32 Å². The van der Waals surface area contributed by atoms with Crippen LogP contribution >= 0.6 is 0 Å². The number of benzene rings is 2. The highest BCUT2D eigenvalue weighted by atomic mass is 19.1. The van der Waals surface area contributed by atoms with Crippen LogP contribution in [-0.4, -0.2) is 11.0 Å². The Hall–Kier alpha value is -2.50. The molecule has 2 rings (SSSR count). The van der Waals surface area contributed by atoms with Crippen molar-refractivity contribution in [2.24, 2.45) is 0 Å². The minimum absolute atomic E-state index is 0.105. The highest BCUT2D eigenvalue weighted by molar-refractivity contribution is 6.06. The number of anilines is 1. The van der Waals surface area contributed by atoms with E-state index in [9.17, 15) is 23.1 Å². The van der Waals surface area contributed by atoms with E-state index in [0.717, 1.165) is 30.3 Å². The first kappa shape index (κ1) is 12.9. The fourth-order valence-corrected chi connectivity index (χ4v) is 1.52. The van der Waals surface area contributed by atoms with Gasteiger partial charge in [-0.3, -0.25) is 4.79 Å². The Balaban J connectivity index is 2.25. The van der Waals surface area contributed by atoms with Crippen LogP contribution < -0.4 is 5.32 Å². The Morgan fingerprint density at radius 3 is 2.16 bits per heavy atom. The van der Waals surface area contributed by atoms with Crippen molar-refractivity contribution < 1.29 is 23.1 Å². The van der Waals surface area contributed by atoms with E-state index in [4.69, 9.17) is 0 Å². The second-order valence-corrected chi connectivity index (χ2v) is 3.77. The van der Waals surface area contributed by atoms with Gasteiger partial charge in [0.25, 0.3) is 5.91 Å². The third-order valence-electron chi connectivity index (χ3n) is 2.32. The first-order chi connectivity index (χ1) is 8.95. The number of hydrogen-bond donors (Lipinski definition) is 2. The van der Waals surface area contributed by atoms with Crippen molar-refractivity contribution >= 4 is 11.6 Å². The van der Waals surface area contributed by atoms with E-state index in [1.807, 2.05) is 0 Å². The standard InChI is InChI=1S/C13H8F3NO2/c14-7-1-2-11(12(18)6-7)13(19)17-10-4-8(15)3-9(16)5-10/h1-6,18H,(H,17,19). The molecule has 0 radical (unpaired) electrons. The number of halogens is 3. The van der Waals surface area contributed by atoms with Gasteiger partial charge in [-0.1, -0.05) is 0 Å². The average Bonchev–Trinajstić information content (AvgIpc) is 2.26. The number of rotatable bonds is 2. The summed E-state index contributed by atoms with van der Waals surface area (Å²) in [7, 11) is 0. The van der Waals surface area contributed by atoms with E-state index in [1.165, 1.54) is 0 Å². The Bertz CT molecular complexity index is 624. The normalized spacial score (nSPS) is 10.3. The number of carbonyl (C=O) groups excluding carboxylic acids is 1. The maximum absolute atomic E-state index is 12.9. The summed E-state index contributed by atoms with van der Waals surface area (Å²) in [6, 6.07) is 5.31. The number of amides is 1. The number of hydrogen-bond acceptors (Lipinski definition) is 2. The molecule has 2 aromatic rings. The zero-order chi connectivity index (χ0) is 14.0. The predicted molar refractivity (Wildman–Crippen MR) is 62.4 cm³/mol. The Labute approximate surface area is 106 Å². The molecule has 2 N–H and O–H groups in total. The van der Waals surface area contributed by atoms with Crippen molar-refractivity contribution in [3.63, 3.8) is 0 Å². The van der Waals surface area contributed by atoms with Crippen molar-refractivity contribution in [1.29, 1.82) is 0 Å². The lowest BCUT2D eigenvalue weighted by atomic mass is 10.1. The van der Waals surface area contributed by atoms with Crippen LogP contribution in [0.5, 0.6) is 5.75 Å². The third kappa shape index (κ3) is 3.04. The van der Waals surface area contributed by atoms with Crippen LogP contribution in [-0.2, 0) is 0 Å². The number of aromatic hydroxyl groups is 1. The smallest absolute Gasteiger partial charge is 0.259 e. The van der Waals surface area contributed by atoms with E-state index >= 15 is 0 Å². The maximum Gasteiger partial charge on any atom is 0.259 e. The predicted octanol–water partition coefficient (Wildman–Crippen LogP) is 3.06. The zero-order valence-electron chi connectivity index (χ0n) is 9.45. The van der Waals surface area contributed by atoms with Crippen LogP contribution in [0.1, 0.15) is 10.4 Å². The molecule has 0 unspecified atom stereocenters. The first-order valence-corrected chi connectivity index (χ1v) is 5.21. The Morgan fingerprint density at radius 1 is 0.947 bits per heavy atom. The summed E-state index contributed by atoms with van der Waals surface area (Å²) in [5.41, 5.74) is -0.308. The van der Waals surface area contributed by atoms with Crippen molar-refractivity contribution in [3.8, 4) is 5.75 Å². The monoisotopic (exact) mass is 267 g/mol. The lowest BCUT2D eigenvalue weighted by molar-refractivity contribution is 0.102. The summed E-state index contributed by atoms with van der Waals surface area (Å²) in [4.78, 5) is 11.7. The summed E-state index contributed by atoms with van der Waals surface area (Å²) in [6.07, 6.45) is 0. The maximum atomic E-state index is 12.9. The first-order valence-electron chi connectivity index (χ1n) is 5.21. The molecule has 0 aliphatic heterocycles. The van der Waals surface area contributed by atoms with Gasteiger partial charge in [0, 0.05) is 17.8 Å². The van der Waals surface area contributed by atoms with E-state index in [0.29, 0.717) is 6.07 Å². The minimum Gasteiger partial charge on any atom is -0.507 e. The molecule has 19 heavy (non-hydrogen) atoms. The van der Waals surface area contributed by atoms with Gasteiger partial charge in [-0.15, -0.1) is 0 Å². The van der Waals surface area contributed by atoms with E-state index < -0.39 is 29.1 Å². The van der Waals surface area contributed by atoms with Crippen molar-refractivity contribution in [2.45, 2.75) is 0 Å². The van der Waals surface area contributed by atoms with E-state index in [-0.39, 0.29) is 11.3 Å². The summed E-state index contributed by atoms with van der Waals surface area (Å²) < 4.78 is 38.6. The van der Waals surface area contributed by atoms with Gasteiger partial charge in [0.1, 0.15) is 23.2 Å². The minimum atomic E-state index is -0.848. The average molecular weight is 267 g/mol. The summed E-state index contributed by atoms with van der Waals surface area (Å²) >= 11 is 0. The molecule has 3 nitrogen and oxygen atoms in total. The molecule has 2 aromatic carbocycles. The van der Waals surface area contributed by atoms with Crippen molar-refractivity contribution in [3.05, 3.63) is 59.4 Å². The molecule has 0 bridgehead atoms. The number of nitrogens with one attached hydrogen (secondary N) is 1. The quantitative estimate of drug-likeness (QED) is 0.878. The second-order valence-electron chi connectivity index (χ2n) is 3.77. The number of phenols is 1. The molecule has 0 aromatic heterocycles. The van der Waals surface area contributed by atoms with Gasteiger partial charge in [-0.2, -0.15) is 0 Å². The molecule has 0 atom stereocenters. The largest absolute Gasteiger partial charge is 0.507 e. The molecular weight excluding hydrogens is 259 g/mol. The molecule has 6 heteroatoms. The molecule has 0 aliphatic rings. The summed E-state index contributed by atoms with van der Waals surface area (Å²) in [6.45, 7) is 0. The summed E-state index contributed by atoms with van der Waals surface area (Å²) in [5.74, 6) is -3.76. The van der Waals surface area contributed by atoms with Gasteiger partial charge in [-0.25, -0.2) is 13.2 Å². The fraction of sp³-hybridized carbons (Fsp3) is 0. The topological polar surface area (TPSA) is 49.3 Å². The number of carbonyl (C=O) groups is 1. The molecule has 0 saturated carbocycles. The second kappa shape index (κ2) is 5.01. The molecule has 0 heterocycles. The van der Waals surface area contributed by atoms with Gasteiger partial charge < -0.3 is 10.4 Å². The lowest BCUT2D eigenvalue weighted by Gasteiger charge is -2.07. The summed E-state index contributed by atoms with van der Waals surface area (Å²) in [5, 5.41) is 11.6. The fourth-order valence-electron chi connectivity index (χ4n) is 1.52. The molecule has 0 spiro atoms.